The molecule has 0 aliphatic heterocycles. The number of aryl methyl sites for hydroxylation is 1. The number of aromatic nitrogens is 1. The van der Waals surface area contributed by atoms with E-state index in [9.17, 15) is 14.7 Å². The summed E-state index contributed by atoms with van der Waals surface area (Å²) in [7, 11) is 0. The van der Waals surface area contributed by atoms with Gasteiger partial charge in [-0.25, -0.2) is 4.98 Å². The predicted octanol–water partition coefficient (Wildman–Crippen LogP) is -1.64. The first-order chi connectivity index (χ1) is 10.5. The van der Waals surface area contributed by atoms with Crippen LogP contribution in [-0.4, -0.2) is 17.6 Å². The fourth-order valence-corrected chi connectivity index (χ4v) is 2.62. The average molecular weight is 339 g/mol. The third-order valence-corrected chi connectivity index (χ3v) is 3.77. The van der Waals surface area contributed by atoms with Crippen molar-refractivity contribution in [2.45, 2.75) is 6.92 Å². The monoisotopic (exact) mass is 339 g/mol. The van der Waals surface area contributed by atoms with Crippen LogP contribution < -0.4 is 44.8 Å². The van der Waals surface area contributed by atoms with Crippen LogP contribution in [0.15, 0.2) is 39.1 Å². The Balaban J connectivity index is 0.00000192. The SMILES string of the molecule is Cc1nc(-c2coc3cc(OCC(=O)[O-])ccc3c2=O)cs1.[Na+]. The van der Waals surface area contributed by atoms with Crippen molar-refractivity contribution in [2.75, 3.05) is 6.61 Å². The van der Waals surface area contributed by atoms with Crippen LogP contribution in [-0.2, 0) is 4.79 Å². The molecule has 0 aliphatic carbocycles. The Bertz CT molecular complexity index is 918. The van der Waals surface area contributed by atoms with E-state index in [1.807, 2.05) is 6.92 Å². The second-order valence-electron chi connectivity index (χ2n) is 4.55. The second kappa shape index (κ2) is 7.27. The summed E-state index contributed by atoms with van der Waals surface area (Å²) in [6.45, 7) is 1.30. The molecule has 2 aromatic heterocycles. The summed E-state index contributed by atoms with van der Waals surface area (Å²) < 4.78 is 10.5. The number of rotatable bonds is 4. The zero-order valence-corrected chi connectivity index (χ0v) is 15.3. The van der Waals surface area contributed by atoms with Crippen molar-refractivity contribution in [3.63, 3.8) is 0 Å². The third-order valence-electron chi connectivity index (χ3n) is 3.00. The number of ether oxygens (including phenoxy) is 1. The molecular weight excluding hydrogens is 329 g/mol. The van der Waals surface area contributed by atoms with Crippen LogP contribution in [0.2, 0.25) is 0 Å². The van der Waals surface area contributed by atoms with Gasteiger partial charge in [0.05, 0.1) is 27.6 Å². The molecule has 0 saturated heterocycles. The van der Waals surface area contributed by atoms with Crippen molar-refractivity contribution >= 4 is 28.3 Å². The van der Waals surface area contributed by atoms with Crippen molar-refractivity contribution in [3.05, 3.63) is 45.1 Å². The molecule has 0 N–H and O–H groups in total. The number of carboxylic acid groups (broad SMARTS) is 1. The van der Waals surface area contributed by atoms with E-state index in [2.05, 4.69) is 4.98 Å². The number of carboxylic acids is 1. The summed E-state index contributed by atoms with van der Waals surface area (Å²) in [4.78, 5) is 27.1. The first-order valence-electron chi connectivity index (χ1n) is 6.35. The zero-order valence-electron chi connectivity index (χ0n) is 12.5. The molecule has 0 saturated carbocycles. The van der Waals surface area contributed by atoms with Gasteiger partial charge in [-0.05, 0) is 19.1 Å². The topological polar surface area (TPSA) is 92.5 Å². The Morgan fingerprint density at radius 3 is 2.87 bits per heavy atom. The van der Waals surface area contributed by atoms with Crippen molar-refractivity contribution in [2.24, 2.45) is 0 Å². The number of benzene rings is 1. The summed E-state index contributed by atoms with van der Waals surface area (Å²) >= 11 is 1.45. The van der Waals surface area contributed by atoms with E-state index >= 15 is 0 Å². The summed E-state index contributed by atoms with van der Waals surface area (Å²) in [6.07, 6.45) is 1.35. The molecule has 0 spiro atoms. The molecule has 0 aliphatic rings. The average Bonchev–Trinajstić information content (AvgIpc) is 2.91. The minimum Gasteiger partial charge on any atom is -0.546 e. The molecular formula is C15H10NNaO5S. The van der Waals surface area contributed by atoms with Gasteiger partial charge in [-0.15, -0.1) is 11.3 Å². The van der Waals surface area contributed by atoms with Crippen LogP contribution in [0, 0.1) is 6.92 Å². The maximum Gasteiger partial charge on any atom is 1.00 e. The van der Waals surface area contributed by atoms with Gasteiger partial charge in [0.15, 0.2) is 0 Å². The number of thiazole rings is 1. The number of fused-ring (bicyclic) bond motifs is 1. The van der Waals surface area contributed by atoms with E-state index in [4.69, 9.17) is 9.15 Å². The van der Waals surface area contributed by atoms with Gasteiger partial charge in [-0.1, -0.05) is 0 Å². The van der Waals surface area contributed by atoms with E-state index in [-0.39, 0.29) is 40.7 Å². The normalized spacial score (nSPS) is 10.3. The number of nitrogens with zero attached hydrogens (tertiary/aromatic N) is 1. The van der Waals surface area contributed by atoms with Crippen LogP contribution in [0.25, 0.3) is 22.2 Å². The third kappa shape index (κ3) is 3.81. The Kier molecular flexibility index (Phi) is 5.59. The van der Waals surface area contributed by atoms with Gasteiger partial charge in [-0.3, -0.25) is 4.79 Å². The second-order valence-corrected chi connectivity index (χ2v) is 5.61. The molecule has 0 bridgehead atoms. The molecule has 1 aromatic carbocycles. The maximum atomic E-state index is 12.5. The van der Waals surface area contributed by atoms with Gasteiger partial charge in [0.1, 0.15) is 24.2 Å². The maximum absolute atomic E-state index is 12.5. The Hall–Kier alpha value is -1.67. The van der Waals surface area contributed by atoms with Crippen LogP contribution in [0.1, 0.15) is 5.01 Å². The van der Waals surface area contributed by atoms with Crippen LogP contribution in [0.4, 0.5) is 0 Å². The number of hydrogen-bond donors (Lipinski definition) is 0. The largest absolute Gasteiger partial charge is 1.00 e. The first-order valence-corrected chi connectivity index (χ1v) is 7.23. The van der Waals surface area contributed by atoms with E-state index in [0.29, 0.717) is 22.2 Å². The van der Waals surface area contributed by atoms with Crippen LogP contribution >= 0.6 is 11.3 Å². The van der Waals surface area contributed by atoms with Crippen molar-refractivity contribution in [3.8, 4) is 17.0 Å². The number of carbonyl (C=O) groups excluding carboxylic acids is 1. The summed E-state index contributed by atoms with van der Waals surface area (Å²) in [5, 5.41) is 13.4. The van der Waals surface area contributed by atoms with Crippen LogP contribution in [0.3, 0.4) is 0 Å². The molecule has 6 nitrogen and oxygen atoms in total. The molecule has 0 fully saturated rings. The van der Waals surface area contributed by atoms with Crippen molar-refractivity contribution < 1.29 is 48.6 Å². The minimum atomic E-state index is -1.32. The van der Waals surface area contributed by atoms with Gasteiger partial charge >= 0.3 is 29.6 Å². The molecule has 0 radical (unpaired) electrons. The van der Waals surface area contributed by atoms with Gasteiger partial charge in [0, 0.05) is 11.4 Å². The van der Waals surface area contributed by atoms with Crippen LogP contribution in [0.5, 0.6) is 5.75 Å². The fourth-order valence-electron chi connectivity index (χ4n) is 2.00. The molecule has 0 atom stereocenters. The molecule has 112 valence electrons. The number of hydrogen-bond acceptors (Lipinski definition) is 7. The number of carbonyl (C=O) groups is 1. The summed E-state index contributed by atoms with van der Waals surface area (Å²) in [5.41, 5.74) is 1.09. The predicted molar refractivity (Wildman–Crippen MR) is 78.8 cm³/mol. The fraction of sp³-hybridized carbons (Fsp3) is 0.133. The Morgan fingerprint density at radius 2 is 2.22 bits per heavy atom. The molecule has 23 heavy (non-hydrogen) atoms. The standard InChI is InChI=1S/C15H11NO5S.Na/c1-8-16-12(7-22-8)11-5-21-13-4-9(20-6-14(17)18)2-3-10(13)15(11)19;/h2-5,7H,6H2,1H3,(H,17,18);/q;+1/p-1. The van der Waals surface area contributed by atoms with Gasteiger partial charge in [-0.2, -0.15) is 0 Å². The smallest absolute Gasteiger partial charge is 0.546 e. The quantitative estimate of drug-likeness (QED) is 0.529. The first kappa shape index (κ1) is 17.7. The Labute approximate surface area is 157 Å². The molecule has 0 unspecified atom stereocenters. The number of aliphatic carboxylic acids is 1. The Morgan fingerprint density at radius 1 is 1.43 bits per heavy atom. The molecule has 3 rings (SSSR count). The van der Waals surface area contributed by atoms with E-state index in [1.165, 1.54) is 35.8 Å². The minimum absolute atomic E-state index is 0. The molecule has 2 heterocycles. The zero-order chi connectivity index (χ0) is 15.7. The van der Waals surface area contributed by atoms with E-state index in [0.717, 1.165) is 5.01 Å². The van der Waals surface area contributed by atoms with E-state index < -0.39 is 12.6 Å². The van der Waals surface area contributed by atoms with E-state index in [1.54, 1.807) is 5.38 Å². The molecule has 0 amide bonds. The van der Waals surface area contributed by atoms with Gasteiger partial charge < -0.3 is 19.1 Å². The van der Waals surface area contributed by atoms with Crippen molar-refractivity contribution in [1.29, 1.82) is 0 Å². The molecule has 8 heteroatoms. The summed E-state index contributed by atoms with van der Waals surface area (Å²) in [5.74, 6) is -1.03. The molecule has 3 aromatic rings. The van der Waals surface area contributed by atoms with Crippen molar-refractivity contribution in [1.82, 2.24) is 4.98 Å². The summed E-state index contributed by atoms with van der Waals surface area (Å²) in [6, 6.07) is 4.52. The van der Waals surface area contributed by atoms with Gasteiger partial charge in [0.25, 0.3) is 0 Å². The van der Waals surface area contributed by atoms with Gasteiger partial charge in [0.2, 0.25) is 5.43 Å².